The average Bonchev–Trinajstić information content (AvgIpc) is 3.36. The number of fused-ring (bicyclic) bond motifs is 1. The number of hydrogen-bond acceptors (Lipinski definition) is 10. The summed E-state index contributed by atoms with van der Waals surface area (Å²) in [5.74, 6) is 0.514. The van der Waals surface area contributed by atoms with Gasteiger partial charge in [-0.2, -0.15) is 0 Å². The highest BCUT2D eigenvalue weighted by Gasteiger charge is 2.45. The third-order valence-corrected chi connectivity index (χ3v) is 5.70. The minimum absolute atomic E-state index is 0.176. The molecule has 4 aromatic rings. The molecule has 0 aliphatic carbocycles. The van der Waals surface area contributed by atoms with Crippen LogP contribution in [0.15, 0.2) is 55.1 Å². The van der Waals surface area contributed by atoms with E-state index in [2.05, 4.69) is 25.3 Å². The fourth-order valence-corrected chi connectivity index (χ4v) is 3.93. The van der Waals surface area contributed by atoms with Crippen LogP contribution in [0.2, 0.25) is 0 Å². The van der Waals surface area contributed by atoms with Crippen LogP contribution in [0.4, 0.5) is 11.8 Å². The van der Waals surface area contributed by atoms with Crippen molar-refractivity contribution in [2.45, 2.75) is 31.1 Å². The molecule has 5 rings (SSSR count). The summed E-state index contributed by atoms with van der Waals surface area (Å²) in [7, 11) is 0. The van der Waals surface area contributed by atoms with E-state index in [-0.39, 0.29) is 5.82 Å². The molecule has 4 heterocycles. The molecule has 0 saturated carbocycles. The van der Waals surface area contributed by atoms with Gasteiger partial charge in [0.2, 0.25) is 5.95 Å². The summed E-state index contributed by atoms with van der Waals surface area (Å²) in [5.41, 5.74) is 9.80. The normalized spacial score (nSPS) is 22.6. The summed E-state index contributed by atoms with van der Waals surface area (Å²) in [6.45, 7) is -0.0207. The number of rotatable bonds is 6. The molecule has 0 spiro atoms. The van der Waals surface area contributed by atoms with Crippen LogP contribution >= 0.6 is 0 Å². The number of aromatic nitrogens is 5. The molecule has 3 aromatic heterocycles. The SMILES string of the molecule is Nc1ncnc2c1nc(NCc1ccc(-c3ccncc3)cc1)n2[C@@H]1O[C@H](CO)[C@@H](O)[C@H]1O. The van der Waals surface area contributed by atoms with E-state index in [1.807, 2.05) is 36.4 Å². The summed E-state index contributed by atoms with van der Waals surface area (Å²) >= 11 is 0. The van der Waals surface area contributed by atoms with Crippen molar-refractivity contribution in [1.82, 2.24) is 24.5 Å². The molecule has 1 aliphatic rings. The lowest BCUT2D eigenvalue weighted by atomic mass is 10.1. The van der Waals surface area contributed by atoms with Gasteiger partial charge < -0.3 is 31.1 Å². The molecule has 4 atom stereocenters. The van der Waals surface area contributed by atoms with E-state index >= 15 is 0 Å². The van der Waals surface area contributed by atoms with E-state index in [0.29, 0.717) is 23.7 Å². The number of aliphatic hydroxyl groups is 3. The molecule has 11 nitrogen and oxygen atoms in total. The van der Waals surface area contributed by atoms with Crippen molar-refractivity contribution < 1.29 is 20.1 Å². The second kappa shape index (κ2) is 8.71. The van der Waals surface area contributed by atoms with Crippen LogP contribution in [-0.2, 0) is 11.3 Å². The number of nitrogens with two attached hydrogens (primary N) is 1. The molecule has 1 aromatic carbocycles. The molecule has 33 heavy (non-hydrogen) atoms. The standard InChI is InChI=1S/C22H23N7O4/c23-19-16-20(27-11-26-19)29(21-18(32)17(31)15(10-30)33-21)22(28-16)25-9-12-1-3-13(4-2-12)14-5-7-24-8-6-14/h1-8,11,15,17-18,21,30-32H,9-10H2,(H,25,28)(H2,23,26,27)/t15-,17-,18-,21-/m1/s1. The average molecular weight is 449 g/mol. The fourth-order valence-electron chi connectivity index (χ4n) is 3.93. The number of nitrogens with zero attached hydrogens (tertiary/aromatic N) is 5. The number of pyridine rings is 1. The summed E-state index contributed by atoms with van der Waals surface area (Å²) in [6.07, 6.45) is 0.284. The number of benzene rings is 1. The Balaban J connectivity index is 1.44. The lowest BCUT2D eigenvalue weighted by molar-refractivity contribution is -0.0501. The lowest BCUT2D eigenvalue weighted by Gasteiger charge is -2.19. The number of nitrogens with one attached hydrogen (secondary N) is 1. The maximum atomic E-state index is 10.6. The molecule has 11 heteroatoms. The fraction of sp³-hybridized carbons (Fsp3) is 0.273. The maximum Gasteiger partial charge on any atom is 0.207 e. The number of anilines is 2. The first-order valence-corrected chi connectivity index (χ1v) is 10.4. The van der Waals surface area contributed by atoms with Gasteiger partial charge in [0.15, 0.2) is 23.2 Å². The van der Waals surface area contributed by atoms with Gasteiger partial charge in [0.1, 0.15) is 24.6 Å². The molecule has 0 amide bonds. The lowest BCUT2D eigenvalue weighted by Crippen LogP contribution is -2.33. The van der Waals surface area contributed by atoms with Crippen molar-refractivity contribution in [3.05, 3.63) is 60.7 Å². The first kappa shape index (κ1) is 21.2. The number of aliphatic hydroxyl groups excluding tert-OH is 3. The van der Waals surface area contributed by atoms with E-state index in [1.54, 1.807) is 12.4 Å². The highest BCUT2D eigenvalue weighted by molar-refractivity contribution is 5.84. The van der Waals surface area contributed by atoms with Crippen LogP contribution in [0.25, 0.3) is 22.3 Å². The third kappa shape index (κ3) is 3.87. The second-order valence-electron chi connectivity index (χ2n) is 7.75. The molecular formula is C22H23N7O4. The van der Waals surface area contributed by atoms with Gasteiger partial charge in [-0.05, 0) is 28.8 Å². The molecule has 1 saturated heterocycles. The van der Waals surface area contributed by atoms with Gasteiger partial charge in [0, 0.05) is 18.9 Å². The quantitative estimate of drug-likeness (QED) is 0.283. The Labute approximate surface area is 188 Å². The zero-order valence-corrected chi connectivity index (χ0v) is 17.5. The third-order valence-electron chi connectivity index (χ3n) is 5.70. The van der Waals surface area contributed by atoms with Gasteiger partial charge in [-0.25, -0.2) is 15.0 Å². The van der Waals surface area contributed by atoms with Gasteiger partial charge in [-0.15, -0.1) is 0 Å². The molecule has 0 unspecified atom stereocenters. The maximum absolute atomic E-state index is 10.6. The Morgan fingerprint density at radius 2 is 1.73 bits per heavy atom. The Hall–Kier alpha value is -3.64. The summed E-state index contributed by atoms with van der Waals surface area (Å²) in [4.78, 5) is 16.8. The molecule has 1 aliphatic heterocycles. The molecular weight excluding hydrogens is 426 g/mol. The van der Waals surface area contributed by atoms with Gasteiger partial charge in [-0.1, -0.05) is 24.3 Å². The van der Waals surface area contributed by atoms with Crippen LogP contribution in [0.5, 0.6) is 0 Å². The minimum atomic E-state index is -1.30. The molecule has 170 valence electrons. The molecule has 6 N–H and O–H groups in total. The Bertz CT molecular complexity index is 1250. The number of hydrogen-bond donors (Lipinski definition) is 5. The van der Waals surface area contributed by atoms with Gasteiger partial charge in [0.25, 0.3) is 0 Å². The largest absolute Gasteiger partial charge is 0.394 e. The van der Waals surface area contributed by atoms with E-state index in [1.165, 1.54) is 10.9 Å². The Morgan fingerprint density at radius 1 is 1.00 bits per heavy atom. The number of ether oxygens (including phenoxy) is 1. The second-order valence-corrected chi connectivity index (χ2v) is 7.75. The van der Waals surface area contributed by atoms with Crippen molar-refractivity contribution in [2.24, 2.45) is 0 Å². The van der Waals surface area contributed by atoms with Gasteiger partial charge in [-0.3, -0.25) is 9.55 Å². The van der Waals surface area contributed by atoms with Crippen molar-refractivity contribution >= 4 is 22.9 Å². The van der Waals surface area contributed by atoms with Crippen LogP contribution in [0.1, 0.15) is 11.8 Å². The highest BCUT2D eigenvalue weighted by Crippen LogP contribution is 2.35. The Kier molecular flexibility index (Phi) is 5.60. The summed E-state index contributed by atoms with van der Waals surface area (Å²) in [6, 6.07) is 11.9. The zero-order valence-electron chi connectivity index (χ0n) is 17.5. The smallest absolute Gasteiger partial charge is 0.207 e. The van der Waals surface area contributed by atoms with Crippen LogP contribution in [0, 0.1) is 0 Å². The topological polar surface area (TPSA) is 164 Å². The van der Waals surface area contributed by atoms with Crippen molar-refractivity contribution in [1.29, 1.82) is 0 Å². The molecule has 0 bridgehead atoms. The minimum Gasteiger partial charge on any atom is -0.394 e. The zero-order chi connectivity index (χ0) is 22.9. The summed E-state index contributed by atoms with van der Waals surface area (Å²) < 4.78 is 7.24. The van der Waals surface area contributed by atoms with Crippen molar-refractivity contribution in [3.63, 3.8) is 0 Å². The van der Waals surface area contributed by atoms with E-state index in [9.17, 15) is 15.3 Å². The monoisotopic (exact) mass is 449 g/mol. The van der Waals surface area contributed by atoms with Crippen LogP contribution in [0.3, 0.4) is 0 Å². The van der Waals surface area contributed by atoms with E-state index in [0.717, 1.165) is 16.7 Å². The predicted octanol–water partition coefficient (Wildman–Crippen LogP) is 0.694. The van der Waals surface area contributed by atoms with Crippen molar-refractivity contribution in [2.75, 3.05) is 17.7 Å². The first-order chi connectivity index (χ1) is 16.1. The number of nitrogen functional groups attached to an aromatic ring is 1. The summed E-state index contributed by atoms with van der Waals surface area (Å²) in [5, 5.41) is 33.5. The highest BCUT2D eigenvalue weighted by atomic mass is 16.6. The van der Waals surface area contributed by atoms with E-state index < -0.39 is 31.1 Å². The first-order valence-electron chi connectivity index (χ1n) is 10.4. The van der Waals surface area contributed by atoms with Crippen LogP contribution in [-0.4, -0.2) is 64.7 Å². The molecule has 1 fully saturated rings. The number of imidazole rings is 1. The predicted molar refractivity (Wildman–Crippen MR) is 120 cm³/mol. The van der Waals surface area contributed by atoms with Crippen LogP contribution < -0.4 is 11.1 Å². The van der Waals surface area contributed by atoms with Gasteiger partial charge in [0.05, 0.1) is 6.61 Å². The van der Waals surface area contributed by atoms with Crippen molar-refractivity contribution in [3.8, 4) is 11.1 Å². The van der Waals surface area contributed by atoms with E-state index in [4.69, 9.17) is 10.5 Å². The van der Waals surface area contributed by atoms with Gasteiger partial charge >= 0.3 is 0 Å². The molecule has 0 radical (unpaired) electrons. The Morgan fingerprint density at radius 3 is 2.42 bits per heavy atom.